The number of rotatable bonds is 11. The summed E-state index contributed by atoms with van der Waals surface area (Å²) in [7, 11) is 0. The lowest BCUT2D eigenvalue weighted by atomic mass is 9.86. The minimum atomic E-state index is -2.05. The minimum absolute atomic E-state index is 0.115. The summed E-state index contributed by atoms with van der Waals surface area (Å²) in [6.07, 6.45) is 2.67. The number of benzene rings is 3. The van der Waals surface area contributed by atoms with E-state index in [-0.39, 0.29) is 31.0 Å². The van der Waals surface area contributed by atoms with Gasteiger partial charge in [0.25, 0.3) is 5.91 Å². The molecule has 1 N–H and O–H groups in total. The number of likely N-dealkylation sites (tertiary alicyclic amines) is 2. The fourth-order valence-corrected chi connectivity index (χ4v) is 5.38. The van der Waals surface area contributed by atoms with Crippen molar-refractivity contribution < 1.29 is 29.0 Å². The first-order chi connectivity index (χ1) is 20.0. The monoisotopic (exact) mass is 556 g/mol. The van der Waals surface area contributed by atoms with Crippen molar-refractivity contribution in [3.05, 3.63) is 102 Å². The zero-order valence-corrected chi connectivity index (χ0v) is 23.1. The third-order valence-electron chi connectivity index (χ3n) is 7.96. The van der Waals surface area contributed by atoms with Crippen molar-refractivity contribution in [1.82, 2.24) is 9.80 Å². The maximum absolute atomic E-state index is 13.6. The molecular formula is C33H36N2O6. The molecule has 5 rings (SSSR count). The summed E-state index contributed by atoms with van der Waals surface area (Å²) in [5.74, 6) is -0.524. The molecule has 2 aliphatic heterocycles. The molecule has 0 aliphatic carbocycles. The molecule has 3 aromatic rings. The van der Waals surface area contributed by atoms with Crippen LogP contribution in [-0.2, 0) is 31.3 Å². The Kier molecular flexibility index (Phi) is 9.11. The molecule has 2 fully saturated rings. The maximum Gasteiger partial charge on any atom is 0.347 e. The molecule has 0 saturated carbocycles. The Morgan fingerprint density at radius 1 is 0.902 bits per heavy atom. The van der Waals surface area contributed by atoms with Gasteiger partial charge in [-0.1, -0.05) is 72.8 Å². The van der Waals surface area contributed by atoms with Gasteiger partial charge in [-0.15, -0.1) is 0 Å². The van der Waals surface area contributed by atoms with Crippen LogP contribution in [0, 0.1) is 11.8 Å². The number of aliphatic hydroxyl groups is 1. The number of esters is 1. The number of hydrogen-bond acceptors (Lipinski definition) is 7. The Bertz CT molecular complexity index is 1320. The number of carbonyl (C=O) groups excluding carboxylic acids is 3. The van der Waals surface area contributed by atoms with Crippen molar-refractivity contribution >= 4 is 18.2 Å². The SMILES string of the molecule is O=CC1CN(C(=O)COc2cccc(C(O)(C(=O)OCC3CCN(Cc4ccccc4)CC3)c3ccccc3)c2)C1. The molecule has 0 radical (unpaired) electrons. The quantitative estimate of drug-likeness (QED) is 0.286. The first-order valence-electron chi connectivity index (χ1n) is 14.1. The second-order valence-corrected chi connectivity index (χ2v) is 10.9. The van der Waals surface area contributed by atoms with Gasteiger partial charge in [-0.2, -0.15) is 0 Å². The number of amides is 1. The maximum atomic E-state index is 13.6. The predicted octanol–water partition coefficient (Wildman–Crippen LogP) is 3.41. The largest absolute Gasteiger partial charge is 0.484 e. The van der Waals surface area contributed by atoms with Crippen molar-refractivity contribution in [2.75, 3.05) is 39.4 Å². The van der Waals surface area contributed by atoms with Crippen molar-refractivity contribution in [3.8, 4) is 5.75 Å². The van der Waals surface area contributed by atoms with Gasteiger partial charge in [-0.05, 0) is 55.1 Å². The lowest BCUT2D eigenvalue weighted by Crippen LogP contribution is -2.52. The molecule has 0 bridgehead atoms. The topological polar surface area (TPSA) is 96.4 Å². The third kappa shape index (κ3) is 6.84. The molecule has 0 aromatic heterocycles. The summed E-state index contributed by atoms with van der Waals surface area (Å²) in [4.78, 5) is 40.7. The van der Waals surface area contributed by atoms with Gasteiger partial charge < -0.3 is 24.3 Å². The second-order valence-electron chi connectivity index (χ2n) is 10.9. The summed E-state index contributed by atoms with van der Waals surface area (Å²) < 4.78 is 11.5. The zero-order chi connectivity index (χ0) is 28.7. The normalized spacial score (nSPS) is 17.7. The molecule has 2 aliphatic rings. The fourth-order valence-electron chi connectivity index (χ4n) is 5.38. The molecule has 0 spiro atoms. The van der Waals surface area contributed by atoms with Gasteiger partial charge >= 0.3 is 5.97 Å². The average Bonchev–Trinajstić information content (AvgIpc) is 2.99. The lowest BCUT2D eigenvalue weighted by molar-refractivity contribution is -0.164. The van der Waals surface area contributed by atoms with Crippen LogP contribution in [0.3, 0.4) is 0 Å². The van der Waals surface area contributed by atoms with Crippen molar-refractivity contribution in [3.63, 3.8) is 0 Å². The summed E-state index contributed by atoms with van der Waals surface area (Å²) >= 11 is 0. The molecule has 2 heterocycles. The zero-order valence-electron chi connectivity index (χ0n) is 23.1. The highest BCUT2D eigenvalue weighted by atomic mass is 16.5. The molecule has 41 heavy (non-hydrogen) atoms. The molecule has 8 nitrogen and oxygen atoms in total. The summed E-state index contributed by atoms with van der Waals surface area (Å²) in [5.41, 5.74) is -0.0847. The van der Waals surface area contributed by atoms with Crippen LogP contribution in [-0.4, -0.2) is 72.5 Å². The number of piperidine rings is 1. The lowest BCUT2D eigenvalue weighted by Gasteiger charge is -2.36. The van der Waals surface area contributed by atoms with Crippen LogP contribution in [0.15, 0.2) is 84.9 Å². The fraction of sp³-hybridized carbons (Fsp3) is 0.364. The van der Waals surface area contributed by atoms with E-state index < -0.39 is 11.6 Å². The Morgan fingerprint density at radius 3 is 2.24 bits per heavy atom. The van der Waals surface area contributed by atoms with Crippen LogP contribution in [0.4, 0.5) is 0 Å². The van der Waals surface area contributed by atoms with Crippen molar-refractivity contribution in [2.45, 2.75) is 25.0 Å². The Labute approximate surface area is 240 Å². The van der Waals surface area contributed by atoms with E-state index in [0.29, 0.717) is 30.0 Å². The van der Waals surface area contributed by atoms with E-state index >= 15 is 0 Å². The second kappa shape index (κ2) is 13.1. The summed E-state index contributed by atoms with van der Waals surface area (Å²) in [6, 6.07) is 25.6. The van der Waals surface area contributed by atoms with Crippen LogP contribution in [0.1, 0.15) is 29.5 Å². The molecule has 3 aromatic carbocycles. The highest BCUT2D eigenvalue weighted by Crippen LogP contribution is 2.34. The molecular weight excluding hydrogens is 520 g/mol. The smallest absolute Gasteiger partial charge is 0.347 e. The third-order valence-corrected chi connectivity index (χ3v) is 7.96. The molecule has 214 valence electrons. The number of ether oxygens (including phenoxy) is 2. The van der Waals surface area contributed by atoms with Crippen LogP contribution < -0.4 is 4.74 Å². The van der Waals surface area contributed by atoms with E-state index in [1.807, 2.05) is 12.1 Å². The van der Waals surface area contributed by atoms with Crippen LogP contribution in [0.2, 0.25) is 0 Å². The van der Waals surface area contributed by atoms with Crippen LogP contribution in [0.25, 0.3) is 0 Å². The highest BCUT2D eigenvalue weighted by Gasteiger charge is 2.42. The average molecular weight is 557 g/mol. The Balaban J connectivity index is 1.22. The summed E-state index contributed by atoms with van der Waals surface area (Å²) in [5, 5.41) is 11.9. The standard InChI is InChI=1S/C33H36N2O6/c36-22-27-20-35(21-27)31(37)24-40-30-13-7-12-29(18-30)33(39,28-10-5-2-6-11-28)32(38)41-23-26-14-16-34(17-15-26)19-25-8-3-1-4-9-25/h1-13,18,22,26-27,39H,14-17,19-21,23-24H2. The van der Waals surface area contributed by atoms with Gasteiger partial charge in [0.05, 0.1) is 6.61 Å². The number of carbonyl (C=O) groups is 3. The molecule has 2 saturated heterocycles. The van der Waals surface area contributed by atoms with Crippen molar-refractivity contribution in [2.24, 2.45) is 11.8 Å². The molecule has 1 atom stereocenters. The minimum Gasteiger partial charge on any atom is -0.484 e. The van der Waals surface area contributed by atoms with Crippen LogP contribution >= 0.6 is 0 Å². The first kappa shape index (κ1) is 28.5. The number of aldehydes is 1. The Hall–Kier alpha value is -4.01. The van der Waals surface area contributed by atoms with E-state index in [4.69, 9.17) is 9.47 Å². The van der Waals surface area contributed by atoms with Crippen LogP contribution in [0.5, 0.6) is 5.75 Å². The van der Waals surface area contributed by atoms with E-state index in [1.54, 1.807) is 53.4 Å². The number of nitrogens with zero attached hydrogens (tertiary/aromatic N) is 2. The predicted molar refractivity (Wildman–Crippen MR) is 153 cm³/mol. The first-order valence-corrected chi connectivity index (χ1v) is 14.1. The van der Waals surface area contributed by atoms with Gasteiger partial charge in [-0.3, -0.25) is 9.69 Å². The van der Waals surface area contributed by atoms with Gasteiger partial charge in [-0.25, -0.2) is 4.79 Å². The van der Waals surface area contributed by atoms with E-state index in [2.05, 4.69) is 29.2 Å². The van der Waals surface area contributed by atoms with E-state index in [9.17, 15) is 19.5 Å². The van der Waals surface area contributed by atoms with Crippen molar-refractivity contribution in [1.29, 1.82) is 0 Å². The molecule has 8 heteroatoms. The van der Waals surface area contributed by atoms with Gasteiger partial charge in [0.2, 0.25) is 5.60 Å². The summed E-state index contributed by atoms with van der Waals surface area (Å²) in [6.45, 7) is 3.58. The Morgan fingerprint density at radius 2 is 1.56 bits per heavy atom. The molecule has 1 amide bonds. The highest BCUT2D eigenvalue weighted by molar-refractivity contribution is 5.85. The molecule has 1 unspecified atom stereocenters. The van der Waals surface area contributed by atoms with Gasteiger partial charge in [0.1, 0.15) is 12.0 Å². The number of hydrogen-bond donors (Lipinski definition) is 1. The van der Waals surface area contributed by atoms with E-state index in [0.717, 1.165) is 38.8 Å². The van der Waals surface area contributed by atoms with Gasteiger partial charge in [0.15, 0.2) is 6.61 Å². The van der Waals surface area contributed by atoms with E-state index in [1.165, 1.54) is 5.56 Å². The van der Waals surface area contributed by atoms with Gasteiger partial charge in [0, 0.05) is 31.1 Å².